The highest BCUT2D eigenvalue weighted by atomic mass is 15.5. The van der Waals surface area contributed by atoms with Crippen LogP contribution in [0, 0.1) is 11.8 Å². The molecule has 0 radical (unpaired) electrons. The fraction of sp³-hybridized carbons (Fsp3) is 1.00. The van der Waals surface area contributed by atoms with Crippen LogP contribution in [0.2, 0.25) is 0 Å². The fourth-order valence-corrected chi connectivity index (χ4v) is 4.48. The van der Waals surface area contributed by atoms with Gasteiger partial charge < -0.3 is 10.6 Å². The van der Waals surface area contributed by atoms with Crippen LogP contribution in [0.15, 0.2) is 0 Å². The maximum atomic E-state index is 3.86. The van der Waals surface area contributed by atoms with Gasteiger partial charge in [-0.2, -0.15) is 0 Å². The summed E-state index contributed by atoms with van der Waals surface area (Å²) >= 11 is 0. The molecule has 20 heavy (non-hydrogen) atoms. The van der Waals surface area contributed by atoms with Crippen molar-refractivity contribution in [1.82, 2.24) is 21.1 Å². The fourth-order valence-electron chi connectivity index (χ4n) is 4.48. The van der Waals surface area contributed by atoms with Crippen LogP contribution in [0.25, 0.3) is 0 Å². The molecule has 3 N–H and O–H groups in total. The van der Waals surface area contributed by atoms with Crippen molar-refractivity contribution in [1.29, 1.82) is 0 Å². The van der Waals surface area contributed by atoms with Gasteiger partial charge in [-0.05, 0) is 50.6 Å². The first kappa shape index (κ1) is 14.8. The van der Waals surface area contributed by atoms with Crippen molar-refractivity contribution in [2.45, 2.75) is 63.6 Å². The molecular weight excluding hydrogens is 248 g/mol. The Bertz CT molecular complexity index is 309. The maximum absolute atomic E-state index is 3.86. The van der Waals surface area contributed by atoms with Crippen molar-refractivity contribution in [3.8, 4) is 0 Å². The van der Waals surface area contributed by atoms with E-state index in [1.165, 1.54) is 51.6 Å². The van der Waals surface area contributed by atoms with Gasteiger partial charge in [-0.3, -0.25) is 5.43 Å². The minimum Gasteiger partial charge on any atom is -0.314 e. The lowest BCUT2D eigenvalue weighted by Gasteiger charge is -2.39. The molecule has 4 nitrogen and oxygen atoms in total. The second-order valence-electron chi connectivity index (χ2n) is 7.30. The van der Waals surface area contributed by atoms with Gasteiger partial charge in [0.1, 0.15) is 0 Å². The standard InChI is InChI=1S/C16H32N4/c1-12-5-3-4-6-14-9-13(7-8-17-14)16-15(18-10-12)11-19-20(16)2/h12-19H,3-11H2,1-2H3. The van der Waals surface area contributed by atoms with Gasteiger partial charge in [0, 0.05) is 31.7 Å². The van der Waals surface area contributed by atoms with Gasteiger partial charge in [0.25, 0.3) is 0 Å². The van der Waals surface area contributed by atoms with Crippen molar-refractivity contribution >= 4 is 0 Å². The lowest BCUT2D eigenvalue weighted by Crippen LogP contribution is -2.52. The van der Waals surface area contributed by atoms with Crippen molar-refractivity contribution in [2.24, 2.45) is 11.8 Å². The normalized spacial score (nSPS) is 44.4. The summed E-state index contributed by atoms with van der Waals surface area (Å²) in [7, 11) is 2.23. The highest BCUT2D eigenvalue weighted by Crippen LogP contribution is 2.29. The zero-order chi connectivity index (χ0) is 13.9. The highest BCUT2D eigenvalue weighted by molar-refractivity contribution is 4.97. The van der Waals surface area contributed by atoms with Gasteiger partial charge in [0.2, 0.25) is 0 Å². The summed E-state index contributed by atoms with van der Waals surface area (Å²) in [6.07, 6.45) is 8.26. The lowest BCUT2D eigenvalue weighted by atomic mass is 9.81. The molecule has 3 rings (SSSR count). The first-order chi connectivity index (χ1) is 9.74. The SMILES string of the molecule is CC1CCCCC2CC(CCN2)C2C(CNN2C)NC1. The summed E-state index contributed by atoms with van der Waals surface area (Å²) in [5, 5.41) is 10.00. The van der Waals surface area contributed by atoms with Crippen LogP contribution in [0.5, 0.6) is 0 Å². The molecule has 3 fully saturated rings. The molecule has 3 heterocycles. The van der Waals surface area contributed by atoms with Crippen LogP contribution >= 0.6 is 0 Å². The molecule has 0 amide bonds. The Morgan fingerprint density at radius 2 is 1.85 bits per heavy atom. The summed E-state index contributed by atoms with van der Waals surface area (Å²) < 4.78 is 0. The number of hydrogen-bond acceptors (Lipinski definition) is 4. The van der Waals surface area contributed by atoms with Gasteiger partial charge in [0.15, 0.2) is 0 Å². The Labute approximate surface area is 124 Å². The Morgan fingerprint density at radius 3 is 2.75 bits per heavy atom. The van der Waals surface area contributed by atoms with Gasteiger partial charge in [-0.1, -0.05) is 19.8 Å². The molecule has 5 unspecified atom stereocenters. The van der Waals surface area contributed by atoms with E-state index in [1.54, 1.807) is 0 Å². The number of hydrazine groups is 1. The molecule has 5 atom stereocenters. The van der Waals surface area contributed by atoms with E-state index < -0.39 is 0 Å². The Hall–Kier alpha value is -0.160. The van der Waals surface area contributed by atoms with E-state index in [1.807, 2.05) is 0 Å². The number of rotatable bonds is 0. The molecule has 0 aliphatic carbocycles. The largest absolute Gasteiger partial charge is 0.314 e. The quantitative estimate of drug-likeness (QED) is 0.626. The van der Waals surface area contributed by atoms with Crippen LogP contribution in [0.4, 0.5) is 0 Å². The van der Waals surface area contributed by atoms with Gasteiger partial charge in [0.05, 0.1) is 0 Å². The Balaban J connectivity index is 1.71. The van der Waals surface area contributed by atoms with E-state index in [0.717, 1.165) is 24.4 Å². The minimum atomic E-state index is 0.630. The van der Waals surface area contributed by atoms with Gasteiger partial charge in [-0.25, -0.2) is 5.01 Å². The first-order valence-electron chi connectivity index (χ1n) is 8.67. The summed E-state index contributed by atoms with van der Waals surface area (Å²) in [6, 6.07) is 2.06. The van der Waals surface area contributed by atoms with E-state index in [0.29, 0.717) is 12.1 Å². The summed E-state index contributed by atoms with van der Waals surface area (Å²) in [4.78, 5) is 0. The summed E-state index contributed by atoms with van der Waals surface area (Å²) in [5.41, 5.74) is 3.56. The second-order valence-corrected chi connectivity index (χ2v) is 7.30. The van der Waals surface area contributed by atoms with Crippen molar-refractivity contribution in [3.05, 3.63) is 0 Å². The Morgan fingerprint density at radius 1 is 1.00 bits per heavy atom. The van der Waals surface area contributed by atoms with E-state index in [-0.39, 0.29) is 0 Å². The van der Waals surface area contributed by atoms with Crippen molar-refractivity contribution in [2.75, 3.05) is 26.7 Å². The number of nitrogens with one attached hydrogen (secondary N) is 3. The van der Waals surface area contributed by atoms with Gasteiger partial charge >= 0.3 is 0 Å². The van der Waals surface area contributed by atoms with E-state index in [2.05, 4.69) is 35.0 Å². The lowest BCUT2D eigenvalue weighted by molar-refractivity contribution is 0.121. The third-order valence-electron chi connectivity index (χ3n) is 5.67. The third kappa shape index (κ3) is 3.35. The van der Waals surface area contributed by atoms with Crippen LogP contribution in [-0.2, 0) is 0 Å². The van der Waals surface area contributed by atoms with Crippen LogP contribution in [0.1, 0.15) is 45.4 Å². The highest BCUT2D eigenvalue weighted by Gasteiger charge is 2.39. The number of likely N-dealkylation sites (N-methyl/N-ethyl adjacent to an activating group) is 1. The smallest absolute Gasteiger partial charge is 0.0435 e. The average molecular weight is 280 g/mol. The topological polar surface area (TPSA) is 39.3 Å². The number of fused-ring (bicyclic) bond motifs is 4. The molecule has 0 aromatic carbocycles. The number of nitrogens with zero attached hydrogens (tertiary/aromatic N) is 1. The molecule has 3 aliphatic heterocycles. The molecule has 0 aromatic heterocycles. The van der Waals surface area contributed by atoms with E-state index >= 15 is 0 Å². The molecule has 0 aromatic rings. The molecular formula is C16H32N4. The Kier molecular flexibility index (Phi) is 4.97. The molecule has 2 bridgehead atoms. The average Bonchev–Trinajstić information content (AvgIpc) is 2.82. The van der Waals surface area contributed by atoms with Gasteiger partial charge in [-0.15, -0.1) is 0 Å². The molecule has 3 saturated heterocycles. The predicted molar refractivity (Wildman–Crippen MR) is 83.5 cm³/mol. The first-order valence-corrected chi connectivity index (χ1v) is 8.67. The van der Waals surface area contributed by atoms with Crippen LogP contribution in [-0.4, -0.2) is 49.8 Å². The zero-order valence-electron chi connectivity index (χ0n) is 13.2. The van der Waals surface area contributed by atoms with Crippen molar-refractivity contribution in [3.63, 3.8) is 0 Å². The number of piperidine rings is 1. The molecule has 3 aliphatic rings. The predicted octanol–water partition coefficient (Wildman–Crippen LogP) is 1.34. The third-order valence-corrected chi connectivity index (χ3v) is 5.67. The van der Waals surface area contributed by atoms with E-state index in [9.17, 15) is 0 Å². The maximum Gasteiger partial charge on any atom is 0.0435 e. The van der Waals surface area contributed by atoms with Crippen LogP contribution < -0.4 is 16.1 Å². The molecule has 4 heteroatoms. The zero-order valence-corrected chi connectivity index (χ0v) is 13.2. The van der Waals surface area contributed by atoms with E-state index in [4.69, 9.17) is 0 Å². The van der Waals surface area contributed by atoms with Crippen molar-refractivity contribution < 1.29 is 0 Å². The molecule has 116 valence electrons. The molecule has 0 spiro atoms. The summed E-state index contributed by atoms with van der Waals surface area (Å²) in [6.45, 7) is 5.90. The molecule has 0 saturated carbocycles. The summed E-state index contributed by atoms with van der Waals surface area (Å²) in [5.74, 6) is 1.65. The second kappa shape index (κ2) is 6.73. The number of hydrogen-bond donors (Lipinski definition) is 3. The minimum absolute atomic E-state index is 0.630. The monoisotopic (exact) mass is 280 g/mol. The van der Waals surface area contributed by atoms with Crippen LogP contribution in [0.3, 0.4) is 0 Å².